The molecule has 0 aromatic carbocycles. The van der Waals surface area contributed by atoms with Gasteiger partial charge >= 0.3 is 0 Å². The molecule has 0 spiro atoms. The lowest BCUT2D eigenvalue weighted by Crippen LogP contribution is -2.37. The predicted molar refractivity (Wildman–Crippen MR) is 76.1 cm³/mol. The van der Waals surface area contributed by atoms with Crippen molar-refractivity contribution in [3.63, 3.8) is 0 Å². The summed E-state index contributed by atoms with van der Waals surface area (Å²) in [6.45, 7) is 1.74. The Bertz CT molecular complexity index is 633. The van der Waals surface area contributed by atoms with E-state index in [-0.39, 0.29) is 5.91 Å². The van der Waals surface area contributed by atoms with Crippen LogP contribution in [0.15, 0.2) is 11.6 Å². The van der Waals surface area contributed by atoms with Crippen LogP contribution in [-0.4, -0.2) is 51.4 Å². The highest BCUT2D eigenvalue weighted by atomic mass is 32.1. The van der Waals surface area contributed by atoms with Crippen LogP contribution in [0.25, 0.3) is 0 Å². The van der Waals surface area contributed by atoms with Crippen LogP contribution < -0.4 is 10.1 Å². The van der Waals surface area contributed by atoms with E-state index in [0.717, 1.165) is 24.2 Å². The number of nitrogens with zero attached hydrogens (tertiary/aromatic N) is 5. The first-order valence-corrected chi connectivity index (χ1v) is 7.30. The second-order valence-corrected chi connectivity index (χ2v) is 5.44. The second-order valence-electron chi connectivity index (χ2n) is 4.61. The fourth-order valence-electron chi connectivity index (χ4n) is 2.19. The summed E-state index contributed by atoms with van der Waals surface area (Å²) in [4.78, 5) is 14.0. The SMILES string of the molecule is COc1cc2c(nn1)CCN(CC(=O)Nc1nncs1)C2. The molecule has 0 fully saturated rings. The molecule has 3 rings (SSSR count). The minimum absolute atomic E-state index is 0.0934. The molecule has 0 saturated carbocycles. The Balaban J connectivity index is 1.61. The van der Waals surface area contributed by atoms with Gasteiger partial charge in [-0.2, -0.15) is 5.10 Å². The van der Waals surface area contributed by atoms with Crippen molar-refractivity contribution in [2.75, 3.05) is 25.5 Å². The van der Waals surface area contributed by atoms with Crippen LogP contribution in [0, 0.1) is 0 Å². The van der Waals surface area contributed by atoms with Gasteiger partial charge in [-0.15, -0.1) is 15.3 Å². The van der Waals surface area contributed by atoms with Crippen LogP contribution in [0.2, 0.25) is 0 Å². The molecule has 1 aliphatic heterocycles. The van der Waals surface area contributed by atoms with Gasteiger partial charge in [0.25, 0.3) is 0 Å². The van der Waals surface area contributed by atoms with Crippen molar-refractivity contribution in [2.45, 2.75) is 13.0 Å². The van der Waals surface area contributed by atoms with Gasteiger partial charge in [-0.1, -0.05) is 11.3 Å². The summed E-state index contributed by atoms with van der Waals surface area (Å²) in [6, 6.07) is 1.87. The van der Waals surface area contributed by atoms with Crippen molar-refractivity contribution in [3.05, 3.63) is 22.8 Å². The zero-order valence-corrected chi connectivity index (χ0v) is 12.3. The molecule has 21 heavy (non-hydrogen) atoms. The third kappa shape index (κ3) is 3.31. The molecule has 3 heterocycles. The second kappa shape index (κ2) is 6.10. The van der Waals surface area contributed by atoms with Gasteiger partial charge in [0.15, 0.2) is 0 Å². The number of ether oxygens (including phenoxy) is 1. The van der Waals surface area contributed by atoms with Crippen molar-refractivity contribution in [3.8, 4) is 5.88 Å². The molecule has 8 nitrogen and oxygen atoms in total. The number of amides is 1. The number of fused-ring (bicyclic) bond motifs is 1. The van der Waals surface area contributed by atoms with E-state index >= 15 is 0 Å². The minimum atomic E-state index is -0.0934. The number of anilines is 1. The molecule has 0 aliphatic carbocycles. The van der Waals surface area contributed by atoms with Gasteiger partial charge in [0, 0.05) is 25.6 Å². The summed E-state index contributed by atoms with van der Waals surface area (Å²) in [5.74, 6) is 0.401. The van der Waals surface area contributed by atoms with Gasteiger partial charge in [-0.25, -0.2) is 0 Å². The number of aromatic nitrogens is 4. The van der Waals surface area contributed by atoms with Crippen molar-refractivity contribution in [1.29, 1.82) is 0 Å². The van der Waals surface area contributed by atoms with Gasteiger partial charge in [0.1, 0.15) is 5.51 Å². The number of hydrogen-bond acceptors (Lipinski definition) is 8. The van der Waals surface area contributed by atoms with Crippen LogP contribution >= 0.6 is 11.3 Å². The molecule has 2 aromatic rings. The molecule has 1 N–H and O–H groups in total. The molecular formula is C12H14N6O2S. The van der Waals surface area contributed by atoms with E-state index in [9.17, 15) is 4.79 Å². The Morgan fingerprint density at radius 2 is 2.38 bits per heavy atom. The largest absolute Gasteiger partial charge is 0.480 e. The Morgan fingerprint density at radius 3 is 3.14 bits per heavy atom. The fourth-order valence-corrected chi connectivity index (χ4v) is 2.65. The molecule has 0 unspecified atom stereocenters. The first-order valence-electron chi connectivity index (χ1n) is 6.42. The zero-order chi connectivity index (χ0) is 14.7. The van der Waals surface area contributed by atoms with Crippen molar-refractivity contribution < 1.29 is 9.53 Å². The molecule has 110 valence electrons. The monoisotopic (exact) mass is 306 g/mol. The fraction of sp³-hybridized carbons (Fsp3) is 0.417. The van der Waals surface area contributed by atoms with Gasteiger partial charge in [-0.05, 0) is 5.56 Å². The maximum absolute atomic E-state index is 11.9. The average molecular weight is 306 g/mol. The Kier molecular flexibility index (Phi) is 4.02. The quantitative estimate of drug-likeness (QED) is 0.870. The number of hydrogen-bond donors (Lipinski definition) is 1. The number of rotatable bonds is 4. The summed E-state index contributed by atoms with van der Waals surface area (Å²) >= 11 is 1.30. The lowest BCUT2D eigenvalue weighted by atomic mass is 10.1. The van der Waals surface area contributed by atoms with E-state index in [2.05, 4.69) is 30.6 Å². The third-order valence-electron chi connectivity index (χ3n) is 3.18. The molecule has 0 radical (unpaired) electrons. The zero-order valence-electron chi connectivity index (χ0n) is 11.4. The highest BCUT2D eigenvalue weighted by molar-refractivity contribution is 7.13. The van der Waals surface area contributed by atoms with E-state index < -0.39 is 0 Å². The highest BCUT2D eigenvalue weighted by Gasteiger charge is 2.20. The number of carbonyl (C=O) groups excluding carboxylic acids is 1. The maximum atomic E-state index is 11.9. The Morgan fingerprint density at radius 1 is 1.48 bits per heavy atom. The Labute approximate surface area is 125 Å². The summed E-state index contributed by atoms with van der Waals surface area (Å²) < 4.78 is 5.08. The van der Waals surface area contributed by atoms with E-state index in [1.165, 1.54) is 11.3 Å². The first kappa shape index (κ1) is 13.8. The molecular weight excluding hydrogens is 292 g/mol. The van der Waals surface area contributed by atoms with Crippen molar-refractivity contribution >= 4 is 22.4 Å². The normalized spacial score (nSPS) is 14.5. The third-order valence-corrected chi connectivity index (χ3v) is 3.79. The van der Waals surface area contributed by atoms with Crippen molar-refractivity contribution in [1.82, 2.24) is 25.3 Å². The molecule has 0 saturated heterocycles. The molecule has 9 heteroatoms. The van der Waals surface area contributed by atoms with Crippen LogP contribution in [0.4, 0.5) is 5.13 Å². The van der Waals surface area contributed by atoms with E-state index in [0.29, 0.717) is 24.1 Å². The molecule has 1 amide bonds. The van der Waals surface area contributed by atoms with E-state index in [1.54, 1.807) is 12.6 Å². The van der Waals surface area contributed by atoms with Crippen molar-refractivity contribution in [2.24, 2.45) is 0 Å². The highest BCUT2D eigenvalue weighted by Crippen LogP contribution is 2.19. The number of nitrogens with one attached hydrogen (secondary N) is 1. The topological polar surface area (TPSA) is 93.1 Å². The van der Waals surface area contributed by atoms with Crippen LogP contribution in [0.1, 0.15) is 11.3 Å². The number of methoxy groups -OCH3 is 1. The predicted octanol–water partition coefficient (Wildman–Crippen LogP) is 0.333. The Hall–Kier alpha value is -2.13. The first-order chi connectivity index (χ1) is 10.2. The molecule has 0 bridgehead atoms. The standard InChI is InChI=1S/C12H14N6O2S/c1-20-11-4-8-5-18(3-2-9(8)15-16-11)6-10(19)14-12-17-13-7-21-12/h4,7H,2-3,5-6H2,1H3,(H,14,17,19). The molecule has 0 atom stereocenters. The van der Waals surface area contributed by atoms with Crippen LogP contribution in [0.5, 0.6) is 5.88 Å². The van der Waals surface area contributed by atoms with Gasteiger partial charge in [0.2, 0.25) is 16.9 Å². The molecule has 2 aromatic heterocycles. The summed E-state index contributed by atoms with van der Waals surface area (Å²) in [5, 5.41) is 18.8. The number of carbonyl (C=O) groups is 1. The van der Waals surface area contributed by atoms with E-state index in [1.807, 2.05) is 6.07 Å². The van der Waals surface area contributed by atoms with Gasteiger partial charge in [0.05, 0.1) is 19.3 Å². The minimum Gasteiger partial charge on any atom is -0.480 e. The summed E-state index contributed by atoms with van der Waals surface area (Å²) in [6.07, 6.45) is 0.776. The smallest absolute Gasteiger partial charge is 0.240 e. The lowest BCUT2D eigenvalue weighted by molar-refractivity contribution is -0.117. The van der Waals surface area contributed by atoms with Gasteiger partial charge < -0.3 is 4.74 Å². The van der Waals surface area contributed by atoms with Crippen LogP contribution in [0.3, 0.4) is 0 Å². The van der Waals surface area contributed by atoms with E-state index in [4.69, 9.17) is 4.74 Å². The summed E-state index contributed by atoms with van der Waals surface area (Å²) in [5.41, 5.74) is 3.60. The van der Waals surface area contributed by atoms with Crippen LogP contribution in [-0.2, 0) is 17.8 Å². The summed E-state index contributed by atoms with van der Waals surface area (Å²) in [7, 11) is 1.56. The average Bonchev–Trinajstić information content (AvgIpc) is 2.99. The maximum Gasteiger partial charge on any atom is 0.240 e. The lowest BCUT2D eigenvalue weighted by Gasteiger charge is -2.26. The van der Waals surface area contributed by atoms with Gasteiger partial charge in [-0.3, -0.25) is 15.0 Å². The molecule has 1 aliphatic rings.